The Balaban J connectivity index is 1.34. The van der Waals surface area contributed by atoms with Gasteiger partial charge in [-0.1, -0.05) is 0 Å². The van der Waals surface area contributed by atoms with Crippen molar-refractivity contribution in [1.29, 1.82) is 0 Å². The molecule has 8 fully saturated rings. The molecule has 0 aliphatic heterocycles. The smallest absolute Gasteiger partial charge is 0.124 e. The average Bonchev–Trinajstić information content (AvgIpc) is 2.50. The summed E-state index contributed by atoms with van der Waals surface area (Å²) < 4.78 is 0. The zero-order chi connectivity index (χ0) is 15.1. The van der Waals surface area contributed by atoms with Crippen molar-refractivity contribution in [1.82, 2.24) is 0 Å². The second kappa shape index (κ2) is 4.75. The normalized spacial score (nSPS) is 58.4. The van der Waals surface area contributed by atoms with E-state index in [1.165, 1.54) is 69.8 Å². The minimum atomic E-state index is 0.655. The monoisotopic (exact) mass is 310 g/mol. The van der Waals surface area contributed by atoms with Gasteiger partial charge in [-0.25, -0.2) is 4.79 Å². The van der Waals surface area contributed by atoms with E-state index in [9.17, 15) is 4.79 Å². The molecule has 0 N–H and O–H groups in total. The first-order valence-corrected chi connectivity index (χ1v) is 10.5. The highest BCUT2D eigenvalue weighted by Gasteiger charge is 2.55. The van der Waals surface area contributed by atoms with Gasteiger partial charge < -0.3 is 0 Å². The molecule has 8 aliphatic rings. The lowest BCUT2D eigenvalue weighted by Gasteiger charge is -2.59. The van der Waals surface area contributed by atoms with Gasteiger partial charge in [0.05, 0.1) is 0 Å². The molecule has 124 valence electrons. The molecule has 23 heavy (non-hydrogen) atoms. The van der Waals surface area contributed by atoms with Crippen LogP contribution in [-0.4, -0.2) is 5.94 Å². The summed E-state index contributed by atoms with van der Waals surface area (Å²) in [7, 11) is 0. The van der Waals surface area contributed by atoms with Crippen molar-refractivity contribution in [2.75, 3.05) is 0 Å². The van der Waals surface area contributed by atoms with E-state index in [0.29, 0.717) is 11.8 Å². The SMILES string of the molecule is O=C=C(C1C2CC3CC(C2)CC1C3)C1C2CC3CC(C2)CC1C3. The molecular weight excluding hydrogens is 280 g/mol. The van der Waals surface area contributed by atoms with Crippen LogP contribution >= 0.6 is 0 Å². The van der Waals surface area contributed by atoms with Crippen LogP contribution in [0.25, 0.3) is 0 Å². The summed E-state index contributed by atoms with van der Waals surface area (Å²) in [5.74, 6) is 11.4. The summed E-state index contributed by atoms with van der Waals surface area (Å²) in [5.41, 5.74) is 1.33. The zero-order valence-corrected chi connectivity index (χ0v) is 14.3. The van der Waals surface area contributed by atoms with Gasteiger partial charge in [0, 0.05) is 5.57 Å². The van der Waals surface area contributed by atoms with Crippen molar-refractivity contribution in [2.24, 2.45) is 59.2 Å². The highest BCUT2D eigenvalue weighted by atomic mass is 16.1. The number of hydrogen-bond acceptors (Lipinski definition) is 1. The van der Waals surface area contributed by atoms with Crippen molar-refractivity contribution in [3.8, 4) is 0 Å². The van der Waals surface area contributed by atoms with E-state index < -0.39 is 0 Å². The first-order valence-electron chi connectivity index (χ1n) is 10.5. The van der Waals surface area contributed by atoms with Crippen molar-refractivity contribution >= 4 is 5.94 Å². The van der Waals surface area contributed by atoms with Crippen LogP contribution in [-0.2, 0) is 4.79 Å². The van der Waals surface area contributed by atoms with E-state index in [1.807, 2.05) is 0 Å². The van der Waals surface area contributed by atoms with E-state index in [2.05, 4.69) is 5.94 Å². The Hall–Kier alpha value is -0.550. The van der Waals surface area contributed by atoms with Gasteiger partial charge in [-0.3, -0.25) is 0 Å². The topological polar surface area (TPSA) is 17.1 Å². The fourth-order valence-electron chi connectivity index (χ4n) is 9.22. The summed E-state index contributed by atoms with van der Waals surface area (Å²) in [5, 5.41) is 0. The van der Waals surface area contributed by atoms with E-state index >= 15 is 0 Å². The molecule has 0 amide bonds. The lowest BCUT2D eigenvalue weighted by atomic mass is 9.45. The maximum Gasteiger partial charge on any atom is 0.124 e. The molecule has 0 aromatic rings. The van der Waals surface area contributed by atoms with Gasteiger partial charge in [0.15, 0.2) is 0 Å². The number of carbonyl (C=O) groups excluding carboxylic acids is 1. The van der Waals surface area contributed by atoms with Gasteiger partial charge >= 0.3 is 0 Å². The Bertz CT molecular complexity index is 469. The van der Waals surface area contributed by atoms with Crippen LogP contribution in [0.3, 0.4) is 0 Å². The second-order valence-corrected chi connectivity index (χ2v) is 10.5. The molecule has 8 aliphatic carbocycles. The van der Waals surface area contributed by atoms with Crippen LogP contribution in [0.5, 0.6) is 0 Å². The third-order valence-corrected chi connectivity index (χ3v) is 9.29. The van der Waals surface area contributed by atoms with Gasteiger partial charge in [0.2, 0.25) is 0 Å². The third-order valence-electron chi connectivity index (χ3n) is 9.29. The van der Waals surface area contributed by atoms with Crippen molar-refractivity contribution in [3.05, 3.63) is 5.57 Å². The predicted molar refractivity (Wildman–Crippen MR) is 90.3 cm³/mol. The quantitative estimate of drug-likeness (QED) is 0.664. The molecule has 0 unspecified atom stereocenters. The molecule has 0 radical (unpaired) electrons. The van der Waals surface area contributed by atoms with Gasteiger partial charge in [-0.05, 0) is 123 Å². The molecule has 1 heteroatoms. The average molecular weight is 310 g/mol. The summed E-state index contributed by atoms with van der Waals surface area (Å²) in [6.45, 7) is 0. The fourth-order valence-corrected chi connectivity index (χ4v) is 9.22. The largest absolute Gasteiger partial charge is 0.234 e. The number of allylic oxidation sites excluding steroid dienone is 1. The lowest BCUT2D eigenvalue weighted by Crippen LogP contribution is -2.51. The van der Waals surface area contributed by atoms with Gasteiger partial charge in [0.25, 0.3) is 0 Å². The number of rotatable bonds is 2. The van der Waals surface area contributed by atoms with Crippen LogP contribution in [0.4, 0.5) is 0 Å². The second-order valence-electron chi connectivity index (χ2n) is 10.5. The molecule has 1 nitrogen and oxygen atoms in total. The first kappa shape index (κ1) is 13.7. The van der Waals surface area contributed by atoms with Crippen LogP contribution in [0.2, 0.25) is 0 Å². The van der Waals surface area contributed by atoms with E-state index in [0.717, 1.165) is 47.3 Å². The van der Waals surface area contributed by atoms with Crippen molar-refractivity contribution < 1.29 is 4.79 Å². The van der Waals surface area contributed by atoms with E-state index in [1.54, 1.807) is 0 Å². The Kier molecular flexibility index (Phi) is 2.83. The molecule has 0 saturated heterocycles. The fraction of sp³-hybridized carbons (Fsp3) is 0.909. The molecule has 8 saturated carbocycles. The molecule has 0 aromatic heterocycles. The highest BCUT2D eigenvalue weighted by molar-refractivity contribution is 5.56. The Morgan fingerprint density at radius 1 is 0.522 bits per heavy atom. The van der Waals surface area contributed by atoms with Gasteiger partial charge in [-0.2, -0.15) is 0 Å². The Morgan fingerprint density at radius 2 is 0.826 bits per heavy atom. The summed E-state index contributed by atoms with van der Waals surface area (Å²) in [6, 6.07) is 0. The molecule has 8 bridgehead atoms. The Morgan fingerprint density at radius 3 is 1.09 bits per heavy atom. The van der Waals surface area contributed by atoms with Crippen LogP contribution < -0.4 is 0 Å². The van der Waals surface area contributed by atoms with Gasteiger partial charge in [-0.15, -0.1) is 0 Å². The summed E-state index contributed by atoms with van der Waals surface area (Å²) in [4.78, 5) is 12.2. The maximum absolute atomic E-state index is 12.2. The van der Waals surface area contributed by atoms with Crippen molar-refractivity contribution in [2.45, 2.75) is 64.2 Å². The standard InChI is InChI=1S/C22H30O/c23-11-20(21-16-3-12-1-13(5-16)6-17(21)4-12)22-18-7-14-2-15(9-18)10-19(22)8-14/h12-19,21-22H,1-10H2. The third kappa shape index (κ3) is 1.89. The maximum atomic E-state index is 12.2. The molecular formula is C22H30O. The zero-order valence-electron chi connectivity index (χ0n) is 14.3. The first-order chi connectivity index (χ1) is 11.3. The molecule has 0 aromatic carbocycles. The minimum Gasteiger partial charge on any atom is -0.234 e. The summed E-state index contributed by atoms with van der Waals surface area (Å²) >= 11 is 0. The van der Waals surface area contributed by atoms with E-state index in [-0.39, 0.29) is 0 Å². The van der Waals surface area contributed by atoms with Crippen LogP contribution in [0, 0.1) is 59.2 Å². The molecule has 0 spiro atoms. The minimum absolute atomic E-state index is 0.655. The molecule has 0 heterocycles. The molecule has 0 atom stereocenters. The van der Waals surface area contributed by atoms with Crippen LogP contribution in [0.1, 0.15) is 64.2 Å². The number of hydrogen-bond donors (Lipinski definition) is 0. The van der Waals surface area contributed by atoms with Crippen molar-refractivity contribution in [3.63, 3.8) is 0 Å². The van der Waals surface area contributed by atoms with E-state index in [4.69, 9.17) is 0 Å². The van der Waals surface area contributed by atoms with Gasteiger partial charge in [0.1, 0.15) is 5.94 Å². The van der Waals surface area contributed by atoms with Crippen LogP contribution in [0.15, 0.2) is 5.57 Å². The molecule has 8 rings (SSSR count). The highest BCUT2D eigenvalue weighted by Crippen LogP contribution is 2.63. The summed E-state index contributed by atoms with van der Waals surface area (Å²) in [6.07, 6.45) is 14.5. The lowest BCUT2D eigenvalue weighted by molar-refractivity contribution is -0.0542. The Labute approximate surface area is 140 Å². The predicted octanol–water partition coefficient (Wildman–Crippen LogP) is 4.89.